The number of ether oxygens (including phenoxy) is 12. The summed E-state index contributed by atoms with van der Waals surface area (Å²) < 4.78 is 67.0. The molecule has 6 saturated heterocycles. The lowest BCUT2D eigenvalue weighted by molar-refractivity contribution is -0.366. The maximum atomic E-state index is 13.3. The highest BCUT2D eigenvalue weighted by molar-refractivity contribution is 5.96. The SMILES string of the molecule is NCC(=O)NC(=O)CCCCCNC(=O)CN(CC(=O)NCCCCCC(=O)NCCO[C@H]1O[C@H](CO[C@H]2O[C@H](CO)[C@@H](O)[C@H](O)[C@@H]2O)[C@@H](O)[C@H](O[C@H]2O[C@H](CO)[C@@H](O)[C@H](O)[C@@H]2O)[C@@H]1O)CC(=O)NCCCCCC(=O)NCCO[C@H]1O[C@H](CO[C@H]2O[C@H](CO)[C@@H](O)[C@H](O)[C@@H]2O)[C@@H](O)[C@H](O[C@H]2O[C@H](CO)C(O)[C@H](O)[C@@H]2O)[C@@H]1O. The monoisotopic (exact) mass is 1640 g/mol. The van der Waals surface area contributed by atoms with Crippen LogP contribution in [0.3, 0.4) is 0 Å². The Balaban J connectivity index is 0.913. The summed E-state index contributed by atoms with van der Waals surface area (Å²) in [4.78, 5) is 90.0. The first-order valence-electron chi connectivity index (χ1n) is 37.5. The van der Waals surface area contributed by atoms with E-state index in [0.717, 1.165) is 0 Å². The summed E-state index contributed by atoms with van der Waals surface area (Å²) in [5.41, 5.74) is 5.23. The van der Waals surface area contributed by atoms with E-state index in [1.165, 1.54) is 4.90 Å². The highest BCUT2D eigenvalue weighted by atomic mass is 16.8. The van der Waals surface area contributed by atoms with Gasteiger partial charge in [0.1, 0.15) is 146 Å². The zero-order valence-corrected chi connectivity index (χ0v) is 62.1. The first kappa shape index (κ1) is 97.0. The molecule has 28 N–H and O–H groups in total. The fourth-order valence-corrected chi connectivity index (χ4v) is 12.7. The molecule has 6 aliphatic heterocycles. The molecule has 6 fully saturated rings. The molecule has 654 valence electrons. The van der Waals surface area contributed by atoms with Gasteiger partial charge in [-0.15, -0.1) is 0 Å². The van der Waals surface area contributed by atoms with E-state index in [2.05, 4.69) is 31.9 Å². The van der Waals surface area contributed by atoms with E-state index in [-0.39, 0.29) is 78.3 Å². The van der Waals surface area contributed by atoms with Crippen molar-refractivity contribution in [3.63, 3.8) is 0 Å². The minimum atomic E-state index is -1.97. The summed E-state index contributed by atoms with van der Waals surface area (Å²) in [5, 5.41) is 224. The van der Waals surface area contributed by atoms with Crippen molar-refractivity contribution >= 4 is 41.4 Å². The van der Waals surface area contributed by atoms with Gasteiger partial charge in [0.15, 0.2) is 37.7 Å². The number of aliphatic hydroxyl groups is 20. The zero-order chi connectivity index (χ0) is 83.2. The molecule has 47 heteroatoms. The standard InChI is InChI=1S/C66H116N8O39/c67-20-39(82)73-38(81)12-6-3-9-15-70-42(85)23-74(21-40(83)68-13-7-1-4-10-36(79)71-16-18-102-63-57(100)59(112-65-55(98)51(94)45(88)32(26-77)108-65)47(90)34(110-63)28-104-61-53(96)49(92)43(86)30(24-75)106-61)22-41(84)69-14-8-2-5-11-37(80)72-17-19-103-64-58(101)60(113-66-56(99)52(95)46(89)33(27-78)109-66)48(91)35(111-64)29-105-62-54(97)50(93)44(87)31(25-76)107-62/h30-35,43-66,75-78,86-101H,1-29,67H2,(H,68,83)(H,69,84)(H,70,85)(H,71,79)(H,72,80)(H,73,81,82)/t30-,31-,32-,33-,34-,35-,43-,44-,45-,46?,47-,48-,49+,50+,51+,52+,53+,54+,55+,56+,57+,58+,59+,60+,61+,62+,63+,64+,65-,66-/m1/s1. The van der Waals surface area contributed by atoms with Gasteiger partial charge in [-0.05, 0) is 38.5 Å². The third-order valence-electron chi connectivity index (χ3n) is 19.3. The third kappa shape index (κ3) is 29.6. The van der Waals surface area contributed by atoms with Crippen LogP contribution >= 0.6 is 0 Å². The second-order valence-corrected chi connectivity index (χ2v) is 27.9. The van der Waals surface area contributed by atoms with Gasteiger partial charge < -0.3 is 191 Å². The molecule has 0 saturated carbocycles. The summed E-state index contributed by atoms with van der Waals surface area (Å²) in [6.45, 7) is -6.73. The molecule has 0 aliphatic carbocycles. The molecule has 1 unspecified atom stereocenters. The molecule has 7 amide bonds. The fraction of sp³-hybridized carbons (Fsp3) is 0.894. The molecular weight excluding hydrogens is 1530 g/mol. The first-order chi connectivity index (χ1) is 53.9. The lowest BCUT2D eigenvalue weighted by Crippen LogP contribution is -2.65. The summed E-state index contributed by atoms with van der Waals surface area (Å²) in [6.07, 6.45) is -48.8. The van der Waals surface area contributed by atoms with Crippen LogP contribution in [-0.4, -0.2) is 444 Å². The summed E-state index contributed by atoms with van der Waals surface area (Å²) in [6, 6.07) is 0. The largest absolute Gasteiger partial charge is 0.394 e. The molecule has 0 aromatic heterocycles. The van der Waals surface area contributed by atoms with Gasteiger partial charge in [-0.3, -0.25) is 43.8 Å². The van der Waals surface area contributed by atoms with Crippen molar-refractivity contribution < 1.29 is 193 Å². The number of unbranched alkanes of at least 4 members (excludes halogenated alkanes) is 6. The van der Waals surface area contributed by atoms with E-state index in [1.807, 2.05) is 0 Å². The van der Waals surface area contributed by atoms with Gasteiger partial charge in [-0.25, -0.2) is 0 Å². The number of imide groups is 1. The first-order valence-corrected chi connectivity index (χ1v) is 37.5. The molecule has 0 radical (unpaired) electrons. The highest BCUT2D eigenvalue weighted by Crippen LogP contribution is 2.34. The number of amides is 7. The maximum Gasteiger partial charge on any atom is 0.240 e. The molecule has 6 rings (SSSR count). The Kier molecular flexibility index (Phi) is 42.5. The fourth-order valence-electron chi connectivity index (χ4n) is 12.7. The minimum absolute atomic E-state index is 0.0105. The third-order valence-corrected chi connectivity index (χ3v) is 19.3. The molecule has 6 aliphatic rings. The van der Waals surface area contributed by atoms with Crippen LogP contribution in [0, 0.1) is 0 Å². The highest BCUT2D eigenvalue weighted by Gasteiger charge is 2.55. The van der Waals surface area contributed by atoms with Crippen LogP contribution in [0.2, 0.25) is 0 Å². The summed E-state index contributed by atoms with van der Waals surface area (Å²) >= 11 is 0. The van der Waals surface area contributed by atoms with E-state index in [4.69, 9.17) is 62.6 Å². The van der Waals surface area contributed by atoms with Crippen molar-refractivity contribution in [2.45, 2.75) is 261 Å². The van der Waals surface area contributed by atoms with Crippen molar-refractivity contribution in [2.75, 3.05) is 112 Å². The van der Waals surface area contributed by atoms with E-state index in [0.29, 0.717) is 57.8 Å². The van der Waals surface area contributed by atoms with Crippen LogP contribution in [0.15, 0.2) is 0 Å². The number of carbonyl (C=O) groups is 7. The van der Waals surface area contributed by atoms with Crippen LogP contribution in [0.25, 0.3) is 0 Å². The second-order valence-electron chi connectivity index (χ2n) is 27.9. The van der Waals surface area contributed by atoms with Gasteiger partial charge >= 0.3 is 0 Å². The molecule has 0 bridgehead atoms. The quantitative estimate of drug-likeness (QED) is 0.0252. The number of nitrogens with two attached hydrogens (primary N) is 1. The number of carbonyl (C=O) groups excluding carboxylic acids is 7. The van der Waals surface area contributed by atoms with Gasteiger partial charge in [0.25, 0.3) is 0 Å². The van der Waals surface area contributed by atoms with Crippen LogP contribution in [-0.2, 0) is 90.4 Å². The molecule has 113 heavy (non-hydrogen) atoms. The van der Waals surface area contributed by atoms with Crippen LogP contribution in [0.1, 0.15) is 77.0 Å². The van der Waals surface area contributed by atoms with Crippen LogP contribution in [0.5, 0.6) is 0 Å². The minimum Gasteiger partial charge on any atom is -0.394 e. The number of hydrogen-bond acceptors (Lipinski definition) is 41. The Morgan fingerprint density at radius 1 is 0.292 bits per heavy atom. The molecule has 0 spiro atoms. The molecule has 0 aromatic rings. The number of aliphatic hydroxyl groups excluding tert-OH is 20. The summed E-state index contributed by atoms with van der Waals surface area (Å²) in [5.74, 6) is -3.59. The Labute approximate surface area is 647 Å². The van der Waals surface area contributed by atoms with Crippen molar-refractivity contribution in [2.24, 2.45) is 5.73 Å². The topological polar surface area (TPSA) is 736 Å². The molecular formula is C66H116N8O39. The van der Waals surface area contributed by atoms with E-state index >= 15 is 0 Å². The normalized spacial score (nSPS) is 36.1. The Hall–Kier alpha value is -4.87. The van der Waals surface area contributed by atoms with Gasteiger partial charge in [0.05, 0.1) is 79.0 Å². The second kappa shape index (κ2) is 49.5. The van der Waals surface area contributed by atoms with E-state index < -0.39 is 278 Å². The lowest BCUT2D eigenvalue weighted by atomic mass is 9.96. The number of nitrogens with one attached hydrogen (secondary N) is 6. The number of rotatable bonds is 47. The Morgan fingerprint density at radius 2 is 0.575 bits per heavy atom. The van der Waals surface area contributed by atoms with Gasteiger partial charge in [-0.2, -0.15) is 0 Å². The lowest BCUT2D eigenvalue weighted by Gasteiger charge is -2.46. The molecule has 47 nitrogen and oxygen atoms in total. The summed E-state index contributed by atoms with van der Waals surface area (Å²) in [7, 11) is 0. The predicted octanol–water partition coefficient (Wildman–Crippen LogP) is -15.9. The van der Waals surface area contributed by atoms with Gasteiger partial charge in [0.2, 0.25) is 41.4 Å². The average molecular weight is 1650 g/mol. The van der Waals surface area contributed by atoms with E-state index in [9.17, 15) is 136 Å². The van der Waals surface area contributed by atoms with Crippen LogP contribution in [0.4, 0.5) is 0 Å². The van der Waals surface area contributed by atoms with Crippen molar-refractivity contribution in [1.29, 1.82) is 0 Å². The smallest absolute Gasteiger partial charge is 0.240 e. The van der Waals surface area contributed by atoms with E-state index in [1.54, 1.807) is 0 Å². The Morgan fingerprint density at radius 3 is 0.894 bits per heavy atom. The molecule has 6 heterocycles. The predicted molar refractivity (Wildman–Crippen MR) is 369 cm³/mol. The van der Waals surface area contributed by atoms with Crippen molar-refractivity contribution in [3.05, 3.63) is 0 Å². The zero-order valence-electron chi connectivity index (χ0n) is 62.1. The van der Waals surface area contributed by atoms with Gasteiger partial charge in [0, 0.05) is 52.0 Å². The number of hydrogen-bond donors (Lipinski definition) is 27. The average Bonchev–Trinajstić information content (AvgIpc) is 0.785. The van der Waals surface area contributed by atoms with Crippen molar-refractivity contribution in [1.82, 2.24) is 36.8 Å². The Bertz CT molecular complexity index is 2680. The molecule has 30 atom stereocenters. The molecule has 0 aromatic carbocycles. The van der Waals surface area contributed by atoms with Crippen LogP contribution < -0.4 is 37.6 Å². The van der Waals surface area contributed by atoms with Gasteiger partial charge in [-0.1, -0.05) is 19.3 Å². The maximum absolute atomic E-state index is 13.3. The van der Waals surface area contributed by atoms with Crippen molar-refractivity contribution in [3.8, 4) is 0 Å². The number of nitrogens with zero attached hydrogens (tertiary/aromatic N) is 1.